The molecule has 2 atom stereocenters. The highest BCUT2D eigenvalue weighted by atomic mass is 19.4. The van der Waals surface area contributed by atoms with Crippen LogP contribution in [0.3, 0.4) is 0 Å². The molecule has 0 bridgehead atoms. The summed E-state index contributed by atoms with van der Waals surface area (Å²) in [6.07, 6.45) is -1.60. The Kier molecular flexibility index (Phi) is 4.92. The number of alkyl halides is 3. The van der Waals surface area contributed by atoms with Crippen LogP contribution in [0.1, 0.15) is 31.7 Å². The third kappa shape index (κ3) is 4.00. The summed E-state index contributed by atoms with van der Waals surface area (Å²) in [6, 6.07) is 2.07. The summed E-state index contributed by atoms with van der Waals surface area (Å²) < 4.78 is 44.2. The summed E-state index contributed by atoms with van der Waals surface area (Å²) in [5.41, 5.74) is -0.706. The summed E-state index contributed by atoms with van der Waals surface area (Å²) in [6.45, 7) is 2.32. The van der Waals surface area contributed by atoms with Crippen molar-refractivity contribution in [1.29, 1.82) is 0 Å². The molecule has 0 spiro atoms. The fraction of sp³-hybridized carbons (Fsp3) is 0.643. The van der Waals surface area contributed by atoms with E-state index in [4.69, 9.17) is 4.74 Å². The molecule has 4 nitrogen and oxygen atoms in total. The lowest BCUT2D eigenvalue weighted by Crippen LogP contribution is -2.30. The van der Waals surface area contributed by atoms with Crippen molar-refractivity contribution < 1.29 is 17.9 Å². The van der Waals surface area contributed by atoms with Crippen molar-refractivity contribution in [1.82, 2.24) is 4.98 Å². The Labute approximate surface area is 122 Å². The Morgan fingerprint density at radius 2 is 2.00 bits per heavy atom. The molecule has 1 fully saturated rings. The van der Waals surface area contributed by atoms with Crippen molar-refractivity contribution in [3.05, 3.63) is 17.7 Å². The average molecular weight is 303 g/mol. The number of pyridine rings is 1. The highest BCUT2D eigenvalue weighted by Crippen LogP contribution is 2.33. The molecule has 0 saturated heterocycles. The molecule has 1 aliphatic carbocycles. The van der Waals surface area contributed by atoms with Crippen LogP contribution >= 0.6 is 0 Å². The number of methoxy groups -OCH3 is 1. The second-order valence-corrected chi connectivity index (χ2v) is 5.11. The molecule has 7 heteroatoms. The Bertz CT molecular complexity index is 479. The minimum atomic E-state index is -4.39. The Hall–Kier alpha value is -1.50. The standard InChI is InChI=1S/C14H20F3N3O/c1-3-18-12-7-9(14(15,16)17)8-13(20-12)19-10-5-4-6-11(10)21-2/h7-8,10-11H,3-6H2,1-2H3,(H2,18,19,20). The lowest BCUT2D eigenvalue weighted by Gasteiger charge is -2.21. The average Bonchev–Trinajstić information content (AvgIpc) is 2.85. The molecule has 0 aromatic carbocycles. The number of aromatic nitrogens is 1. The van der Waals surface area contributed by atoms with Crippen LogP contribution in [0.4, 0.5) is 24.8 Å². The van der Waals surface area contributed by atoms with Crippen LogP contribution in [-0.4, -0.2) is 30.8 Å². The minimum Gasteiger partial charge on any atom is -0.379 e. The monoisotopic (exact) mass is 303 g/mol. The van der Waals surface area contributed by atoms with Crippen molar-refractivity contribution >= 4 is 11.6 Å². The van der Waals surface area contributed by atoms with Crippen LogP contribution in [0, 0.1) is 0 Å². The number of ether oxygens (including phenoxy) is 1. The number of hydrogen-bond acceptors (Lipinski definition) is 4. The van der Waals surface area contributed by atoms with Crippen LogP contribution in [0.15, 0.2) is 12.1 Å². The molecule has 0 radical (unpaired) electrons. The molecule has 2 unspecified atom stereocenters. The van der Waals surface area contributed by atoms with Crippen molar-refractivity contribution in [2.45, 2.75) is 44.5 Å². The lowest BCUT2D eigenvalue weighted by molar-refractivity contribution is -0.137. The van der Waals surface area contributed by atoms with Gasteiger partial charge in [-0.1, -0.05) is 0 Å². The van der Waals surface area contributed by atoms with E-state index in [0.717, 1.165) is 31.4 Å². The Morgan fingerprint density at radius 3 is 2.62 bits per heavy atom. The summed E-state index contributed by atoms with van der Waals surface area (Å²) in [4.78, 5) is 4.19. The van der Waals surface area contributed by atoms with E-state index in [-0.39, 0.29) is 23.8 Å². The van der Waals surface area contributed by atoms with E-state index in [1.165, 1.54) is 0 Å². The zero-order valence-electron chi connectivity index (χ0n) is 12.1. The van der Waals surface area contributed by atoms with Gasteiger partial charge in [-0.2, -0.15) is 13.2 Å². The van der Waals surface area contributed by atoms with E-state index in [9.17, 15) is 13.2 Å². The highest BCUT2D eigenvalue weighted by molar-refractivity contribution is 5.50. The van der Waals surface area contributed by atoms with Crippen molar-refractivity contribution in [2.24, 2.45) is 0 Å². The molecule has 118 valence electrons. The van der Waals surface area contributed by atoms with Crippen molar-refractivity contribution in [3.63, 3.8) is 0 Å². The molecule has 1 aromatic rings. The van der Waals surface area contributed by atoms with Gasteiger partial charge in [0.1, 0.15) is 11.6 Å². The van der Waals surface area contributed by atoms with Gasteiger partial charge in [-0.15, -0.1) is 0 Å². The first-order chi connectivity index (χ1) is 9.94. The predicted molar refractivity (Wildman–Crippen MR) is 75.5 cm³/mol. The van der Waals surface area contributed by atoms with Gasteiger partial charge in [-0.25, -0.2) is 4.98 Å². The molecular weight excluding hydrogens is 283 g/mol. The lowest BCUT2D eigenvalue weighted by atomic mass is 10.2. The SMILES string of the molecule is CCNc1cc(C(F)(F)F)cc(NC2CCCC2OC)n1. The van der Waals surface area contributed by atoms with Gasteiger partial charge < -0.3 is 15.4 Å². The van der Waals surface area contributed by atoms with Gasteiger partial charge in [-0.3, -0.25) is 0 Å². The number of anilines is 2. The minimum absolute atomic E-state index is 0.000426. The first-order valence-corrected chi connectivity index (χ1v) is 7.06. The van der Waals surface area contributed by atoms with Gasteiger partial charge in [-0.05, 0) is 38.3 Å². The van der Waals surface area contributed by atoms with E-state index >= 15 is 0 Å². The highest BCUT2D eigenvalue weighted by Gasteiger charge is 2.33. The van der Waals surface area contributed by atoms with Crippen LogP contribution in [0.2, 0.25) is 0 Å². The Morgan fingerprint density at radius 1 is 1.29 bits per heavy atom. The summed E-state index contributed by atoms with van der Waals surface area (Å²) in [7, 11) is 1.62. The number of halogens is 3. The third-order valence-corrected chi connectivity index (χ3v) is 3.60. The normalized spacial score (nSPS) is 22.3. The Balaban J connectivity index is 2.23. The molecule has 1 aliphatic rings. The van der Waals surface area contributed by atoms with Gasteiger partial charge in [0.25, 0.3) is 0 Å². The number of rotatable bonds is 5. The summed E-state index contributed by atoms with van der Waals surface area (Å²) >= 11 is 0. The number of hydrogen-bond donors (Lipinski definition) is 2. The smallest absolute Gasteiger partial charge is 0.379 e. The fourth-order valence-corrected chi connectivity index (χ4v) is 2.60. The maximum absolute atomic E-state index is 12.9. The molecule has 1 heterocycles. The van der Waals surface area contributed by atoms with Crippen LogP contribution < -0.4 is 10.6 Å². The molecule has 1 aromatic heterocycles. The topological polar surface area (TPSA) is 46.2 Å². The molecule has 21 heavy (non-hydrogen) atoms. The maximum atomic E-state index is 12.9. The molecule has 2 rings (SSSR count). The van der Waals surface area contributed by atoms with E-state index in [1.54, 1.807) is 7.11 Å². The number of nitrogens with one attached hydrogen (secondary N) is 2. The van der Waals surface area contributed by atoms with Gasteiger partial charge in [0, 0.05) is 13.7 Å². The van der Waals surface area contributed by atoms with Crippen molar-refractivity contribution in [2.75, 3.05) is 24.3 Å². The molecule has 0 amide bonds. The second kappa shape index (κ2) is 6.51. The summed E-state index contributed by atoms with van der Waals surface area (Å²) in [5.74, 6) is 0.455. The van der Waals surface area contributed by atoms with Gasteiger partial charge >= 0.3 is 6.18 Å². The largest absolute Gasteiger partial charge is 0.416 e. The van der Waals surface area contributed by atoms with Crippen LogP contribution in [0.5, 0.6) is 0 Å². The quantitative estimate of drug-likeness (QED) is 0.874. The van der Waals surface area contributed by atoms with Gasteiger partial charge in [0.15, 0.2) is 0 Å². The summed E-state index contributed by atoms with van der Waals surface area (Å²) in [5, 5.41) is 5.91. The first kappa shape index (κ1) is 15.9. The van der Waals surface area contributed by atoms with Crippen LogP contribution in [-0.2, 0) is 10.9 Å². The molecule has 0 aliphatic heterocycles. The zero-order chi connectivity index (χ0) is 15.5. The zero-order valence-corrected chi connectivity index (χ0v) is 12.1. The van der Waals surface area contributed by atoms with E-state index < -0.39 is 11.7 Å². The molecule has 1 saturated carbocycles. The van der Waals surface area contributed by atoms with Gasteiger partial charge in [0.2, 0.25) is 0 Å². The van der Waals surface area contributed by atoms with E-state index in [0.29, 0.717) is 6.54 Å². The van der Waals surface area contributed by atoms with Gasteiger partial charge in [0.05, 0.1) is 17.7 Å². The fourth-order valence-electron chi connectivity index (χ4n) is 2.60. The van der Waals surface area contributed by atoms with Crippen molar-refractivity contribution in [3.8, 4) is 0 Å². The first-order valence-electron chi connectivity index (χ1n) is 7.06. The molecular formula is C14H20F3N3O. The second-order valence-electron chi connectivity index (χ2n) is 5.11. The number of nitrogens with zero attached hydrogens (tertiary/aromatic N) is 1. The maximum Gasteiger partial charge on any atom is 0.416 e. The van der Waals surface area contributed by atoms with E-state index in [1.807, 2.05) is 6.92 Å². The third-order valence-electron chi connectivity index (χ3n) is 3.60. The molecule has 2 N–H and O–H groups in total. The van der Waals surface area contributed by atoms with Crippen LogP contribution in [0.25, 0.3) is 0 Å². The predicted octanol–water partition coefficient (Wildman–Crippen LogP) is 3.51. The van der Waals surface area contributed by atoms with E-state index in [2.05, 4.69) is 15.6 Å².